The molecule has 3 N–H and O–H groups in total. The van der Waals surface area contributed by atoms with Crippen LogP contribution in [-0.2, 0) is 13.0 Å². The first-order valence-corrected chi connectivity index (χ1v) is 9.69. The molecule has 0 saturated heterocycles. The van der Waals surface area contributed by atoms with Crippen molar-refractivity contribution in [1.29, 1.82) is 0 Å². The van der Waals surface area contributed by atoms with Crippen LogP contribution in [0.15, 0.2) is 54.6 Å². The van der Waals surface area contributed by atoms with Gasteiger partial charge in [0.1, 0.15) is 0 Å². The molecule has 0 saturated carbocycles. The monoisotopic (exact) mass is 384 g/mol. The second-order valence-corrected chi connectivity index (χ2v) is 8.21. The van der Waals surface area contributed by atoms with Crippen molar-refractivity contribution in [2.24, 2.45) is 0 Å². The average molecular weight is 385 g/mol. The normalized spacial score (nSPS) is 13.8. The zero-order chi connectivity index (χ0) is 20.7. The van der Waals surface area contributed by atoms with E-state index in [-0.39, 0.29) is 0 Å². The Bertz CT molecular complexity index is 756. The number of rotatable bonds is 8. The molecule has 0 spiro atoms. The Balaban J connectivity index is 2.14. The summed E-state index contributed by atoms with van der Waals surface area (Å²) >= 11 is 0. The minimum absolute atomic E-state index is 0.311. The molecule has 1 amide bonds. The number of hydrogen-bond acceptors (Lipinski definition) is 3. The Kier molecular flexibility index (Phi) is 7.61. The van der Waals surface area contributed by atoms with Crippen molar-refractivity contribution < 1.29 is 15.0 Å². The predicted octanol–water partition coefficient (Wildman–Crippen LogP) is 3.84. The summed E-state index contributed by atoms with van der Waals surface area (Å²) < 4.78 is 0. The van der Waals surface area contributed by atoms with E-state index < -0.39 is 23.8 Å². The molecule has 0 bridgehead atoms. The number of nitrogens with zero attached hydrogens (tertiary/aromatic N) is 1. The number of amides is 1. The topological polar surface area (TPSA) is 72.8 Å². The molecule has 5 heteroatoms. The van der Waals surface area contributed by atoms with Crippen LogP contribution in [0.5, 0.6) is 0 Å². The van der Waals surface area contributed by atoms with Gasteiger partial charge < -0.3 is 15.5 Å². The molecule has 28 heavy (non-hydrogen) atoms. The van der Waals surface area contributed by atoms with E-state index in [1.165, 1.54) is 16.0 Å². The van der Waals surface area contributed by atoms with Crippen LogP contribution in [0, 0.1) is 6.92 Å². The number of hydrogen-bond donors (Lipinski definition) is 3. The molecular weight excluding hydrogens is 352 g/mol. The first-order chi connectivity index (χ1) is 13.2. The standard InChI is InChI=1S/C23H32N2O3/c1-17-10-8-9-13-19(17)15-24-16-21(26)20(14-18-11-6-5-7-12-18)25(22(27)28)23(2,3)4/h5-13,20-21,24,26H,14-16H2,1-4H3,(H,27,28)/t20-,21+/m0/s1. The number of benzene rings is 2. The number of aliphatic hydroxyl groups is 1. The van der Waals surface area contributed by atoms with E-state index in [4.69, 9.17) is 0 Å². The van der Waals surface area contributed by atoms with Gasteiger partial charge in [-0.25, -0.2) is 4.79 Å². The second kappa shape index (κ2) is 9.71. The predicted molar refractivity (Wildman–Crippen MR) is 112 cm³/mol. The molecule has 0 aliphatic rings. The lowest BCUT2D eigenvalue weighted by atomic mass is 9.94. The molecule has 0 heterocycles. The van der Waals surface area contributed by atoms with Crippen molar-refractivity contribution in [3.8, 4) is 0 Å². The van der Waals surface area contributed by atoms with Gasteiger partial charge in [0, 0.05) is 18.6 Å². The summed E-state index contributed by atoms with van der Waals surface area (Å²) in [6.07, 6.45) is -1.40. The molecule has 0 fully saturated rings. The molecule has 0 aromatic heterocycles. The number of carbonyl (C=O) groups is 1. The molecule has 152 valence electrons. The van der Waals surface area contributed by atoms with Crippen LogP contribution >= 0.6 is 0 Å². The van der Waals surface area contributed by atoms with Gasteiger partial charge in [-0.05, 0) is 50.8 Å². The Morgan fingerprint density at radius 1 is 1.07 bits per heavy atom. The highest BCUT2D eigenvalue weighted by Gasteiger charge is 2.37. The lowest BCUT2D eigenvalue weighted by molar-refractivity contribution is 0.00770. The Labute approximate surface area is 168 Å². The minimum atomic E-state index is -1.02. The van der Waals surface area contributed by atoms with E-state index in [1.807, 2.05) is 63.2 Å². The van der Waals surface area contributed by atoms with Crippen LogP contribution in [0.2, 0.25) is 0 Å². The van der Waals surface area contributed by atoms with Crippen LogP contribution in [0.4, 0.5) is 4.79 Å². The van der Waals surface area contributed by atoms with Crippen molar-refractivity contribution in [2.75, 3.05) is 6.54 Å². The zero-order valence-corrected chi connectivity index (χ0v) is 17.2. The van der Waals surface area contributed by atoms with Gasteiger partial charge >= 0.3 is 6.09 Å². The summed E-state index contributed by atoms with van der Waals surface area (Å²) in [6, 6.07) is 17.2. The maximum atomic E-state index is 12.0. The first kappa shape index (κ1) is 21.9. The van der Waals surface area contributed by atoms with Gasteiger partial charge in [-0.2, -0.15) is 0 Å². The quantitative estimate of drug-likeness (QED) is 0.647. The van der Waals surface area contributed by atoms with Crippen molar-refractivity contribution in [2.45, 2.75) is 58.3 Å². The number of nitrogens with one attached hydrogen (secondary N) is 1. The molecule has 0 unspecified atom stereocenters. The fourth-order valence-corrected chi connectivity index (χ4v) is 3.48. The van der Waals surface area contributed by atoms with Crippen molar-refractivity contribution in [1.82, 2.24) is 10.2 Å². The SMILES string of the molecule is Cc1ccccc1CNC[C@@H](O)[C@H](Cc1ccccc1)N(C(=O)O)C(C)(C)C. The van der Waals surface area contributed by atoms with Gasteiger partial charge in [-0.1, -0.05) is 54.6 Å². The lowest BCUT2D eigenvalue weighted by Crippen LogP contribution is -2.58. The molecule has 2 rings (SSSR count). The first-order valence-electron chi connectivity index (χ1n) is 9.69. The van der Waals surface area contributed by atoms with Gasteiger partial charge in [-0.15, -0.1) is 0 Å². The van der Waals surface area contributed by atoms with Gasteiger partial charge in [-0.3, -0.25) is 4.90 Å². The highest BCUT2D eigenvalue weighted by molar-refractivity contribution is 5.66. The summed E-state index contributed by atoms with van der Waals surface area (Å²) in [6.45, 7) is 8.55. The Morgan fingerprint density at radius 2 is 1.68 bits per heavy atom. The third-order valence-electron chi connectivity index (χ3n) is 4.92. The average Bonchev–Trinajstić information content (AvgIpc) is 2.62. The smallest absolute Gasteiger partial charge is 0.408 e. The van der Waals surface area contributed by atoms with Gasteiger partial charge in [0.2, 0.25) is 0 Å². The molecule has 0 aliphatic carbocycles. The molecule has 5 nitrogen and oxygen atoms in total. The Hall–Kier alpha value is -2.37. The molecule has 0 radical (unpaired) electrons. The van der Waals surface area contributed by atoms with Crippen LogP contribution in [0.1, 0.15) is 37.5 Å². The van der Waals surface area contributed by atoms with Crippen molar-refractivity contribution >= 4 is 6.09 Å². The Morgan fingerprint density at radius 3 is 2.25 bits per heavy atom. The number of carboxylic acid groups (broad SMARTS) is 1. The number of aliphatic hydroxyl groups excluding tert-OH is 1. The zero-order valence-electron chi connectivity index (χ0n) is 17.2. The van der Waals surface area contributed by atoms with Crippen molar-refractivity contribution in [3.63, 3.8) is 0 Å². The van der Waals surface area contributed by atoms with Gasteiger partial charge in [0.05, 0.1) is 12.1 Å². The summed E-state index contributed by atoms with van der Waals surface area (Å²) in [5.41, 5.74) is 2.73. The molecular formula is C23H32N2O3. The van der Waals surface area contributed by atoms with Crippen molar-refractivity contribution in [3.05, 3.63) is 71.3 Å². The summed E-state index contributed by atoms with van der Waals surface area (Å²) in [4.78, 5) is 13.4. The molecule has 2 aromatic carbocycles. The largest absolute Gasteiger partial charge is 0.465 e. The number of aryl methyl sites for hydroxylation is 1. The van der Waals surface area contributed by atoms with E-state index in [0.29, 0.717) is 19.5 Å². The fraction of sp³-hybridized carbons (Fsp3) is 0.435. The lowest BCUT2D eigenvalue weighted by Gasteiger charge is -2.42. The van der Waals surface area contributed by atoms with Gasteiger partial charge in [0.15, 0.2) is 0 Å². The van der Waals surface area contributed by atoms with E-state index in [2.05, 4.69) is 24.4 Å². The molecule has 2 atom stereocenters. The van der Waals surface area contributed by atoms with Crippen LogP contribution < -0.4 is 5.32 Å². The van der Waals surface area contributed by atoms with E-state index in [9.17, 15) is 15.0 Å². The highest BCUT2D eigenvalue weighted by atomic mass is 16.4. The third kappa shape index (κ3) is 6.08. The second-order valence-electron chi connectivity index (χ2n) is 8.21. The van der Waals surface area contributed by atoms with E-state index >= 15 is 0 Å². The summed E-state index contributed by atoms with van der Waals surface area (Å²) in [7, 11) is 0. The van der Waals surface area contributed by atoms with Gasteiger partial charge in [0.25, 0.3) is 0 Å². The summed E-state index contributed by atoms with van der Waals surface area (Å²) in [5.74, 6) is 0. The van der Waals surface area contributed by atoms with E-state index in [0.717, 1.165) is 5.56 Å². The maximum Gasteiger partial charge on any atom is 0.408 e. The fourth-order valence-electron chi connectivity index (χ4n) is 3.48. The molecule has 0 aliphatic heterocycles. The maximum absolute atomic E-state index is 12.0. The highest BCUT2D eigenvalue weighted by Crippen LogP contribution is 2.23. The van der Waals surface area contributed by atoms with Crippen LogP contribution in [0.25, 0.3) is 0 Å². The third-order valence-corrected chi connectivity index (χ3v) is 4.92. The summed E-state index contributed by atoms with van der Waals surface area (Å²) in [5, 5.41) is 24.1. The van der Waals surface area contributed by atoms with Crippen LogP contribution in [-0.4, -0.2) is 45.4 Å². The molecule has 2 aromatic rings. The minimum Gasteiger partial charge on any atom is -0.465 e. The van der Waals surface area contributed by atoms with Crippen LogP contribution in [0.3, 0.4) is 0 Å². The van der Waals surface area contributed by atoms with E-state index in [1.54, 1.807) is 0 Å².